The van der Waals surface area contributed by atoms with Crippen molar-refractivity contribution in [2.24, 2.45) is 0 Å². The van der Waals surface area contributed by atoms with Crippen molar-refractivity contribution in [2.45, 2.75) is 25.9 Å². The van der Waals surface area contributed by atoms with Gasteiger partial charge in [0.1, 0.15) is 0 Å². The Balaban J connectivity index is 2.43. The SMILES string of the molecule is CSCC(C)(O)CNC(=O)Cc1cccc(C)c1. The molecule has 1 aromatic carbocycles. The van der Waals surface area contributed by atoms with Crippen LogP contribution in [0.4, 0.5) is 0 Å². The number of hydrogen-bond acceptors (Lipinski definition) is 3. The van der Waals surface area contributed by atoms with Crippen molar-refractivity contribution in [1.82, 2.24) is 5.32 Å². The van der Waals surface area contributed by atoms with E-state index in [0.717, 1.165) is 11.1 Å². The summed E-state index contributed by atoms with van der Waals surface area (Å²) in [5.74, 6) is 0.555. The number of amides is 1. The van der Waals surface area contributed by atoms with E-state index in [1.807, 2.05) is 37.4 Å². The molecular weight excluding hydrogens is 246 g/mol. The summed E-state index contributed by atoms with van der Waals surface area (Å²) in [5.41, 5.74) is 1.30. The van der Waals surface area contributed by atoms with Crippen LogP contribution in [0.3, 0.4) is 0 Å². The van der Waals surface area contributed by atoms with E-state index in [2.05, 4.69) is 5.32 Å². The molecule has 0 aliphatic heterocycles. The van der Waals surface area contributed by atoms with Crippen LogP contribution >= 0.6 is 11.8 Å². The molecule has 1 atom stereocenters. The molecule has 1 amide bonds. The van der Waals surface area contributed by atoms with E-state index in [4.69, 9.17) is 0 Å². The molecule has 3 nitrogen and oxygen atoms in total. The highest BCUT2D eigenvalue weighted by Crippen LogP contribution is 2.09. The van der Waals surface area contributed by atoms with Gasteiger partial charge in [0.2, 0.25) is 5.91 Å². The highest BCUT2D eigenvalue weighted by Gasteiger charge is 2.20. The summed E-state index contributed by atoms with van der Waals surface area (Å²) >= 11 is 1.56. The highest BCUT2D eigenvalue weighted by atomic mass is 32.2. The Hall–Kier alpha value is -1.00. The Bertz CT molecular complexity index is 405. The first-order valence-electron chi connectivity index (χ1n) is 5.96. The lowest BCUT2D eigenvalue weighted by molar-refractivity contribution is -0.121. The lowest BCUT2D eigenvalue weighted by Gasteiger charge is -2.22. The Kier molecular flexibility index (Phi) is 5.69. The number of aryl methyl sites for hydroxylation is 1. The van der Waals surface area contributed by atoms with Crippen LogP contribution in [-0.2, 0) is 11.2 Å². The minimum absolute atomic E-state index is 0.0537. The molecule has 1 rings (SSSR count). The molecule has 0 fully saturated rings. The van der Waals surface area contributed by atoms with Gasteiger partial charge in [-0.2, -0.15) is 11.8 Å². The van der Waals surface area contributed by atoms with Gasteiger partial charge in [0.15, 0.2) is 0 Å². The fourth-order valence-electron chi connectivity index (χ4n) is 1.72. The lowest BCUT2D eigenvalue weighted by Crippen LogP contribution is -2.42. The van der Waals surface area contributed by atoms with Gasteiger partial charge in [-0.15, -0.1) is 0 Å². The molecule has 0 saturated carbocycles. The van der Waals surface area contributed by atoms with E-state index < -0.39 is 5.60 Å². The Morgan fingerprint density at radius 2 is 2.22 bits per heavy atom. The first kappa shape index (κ1) is 15.1. The number of carbonyl (C=O) groups is 1. The number of thioether (sulfide) groups is 1. The molecule has 0 aliphatic rings. The van der Waals surface area contributed by atoms with Crippen LogP contribution in [-0.4, -0.2) is 35.2 Å². The van der Waals surface area contributed by atoms with Gasteiger partial charge in [0.25, 0.3) is 0 Å². The number of hydrogen-bond donors (Lipinski definition) is 2. The molecule has 18 heavy (non-hydrogen) atoms. The summed E-state index contributed by atoms with van der Waals surface area (Å²) in [6, 6.07) is 7.89. The third-order valence-corrected chi connectivity index (χ3v) is 3.48. The maximum absolute atomic E-state index is 11.7. The van der Waals surface area contributed by atoms with E-state index in [9.17, 15) is 9.90 Å². The second kappa shape index (κ2) is 6.81. The molecule has 4 heteroatoms. The molecule has 1 unspecified atom stereocenters. The first-order valence-corrected chi connectivity index (χ1v) is 7.36. The van der Waals surface area contributed by atoms with Crippen molar-refractivity contribution in [3.63, 3.8) is 0 Å². The normalized spacial score (nSPS) is 14.0. The predicted octanol–water partition coefficient (Wildman–Crippen LogP) is 1.77. The fourth-order valence-corrected chi connectivity index (χ4v) is 2.44. The first-order chi connectivity index (χ1) is 8.43. The van der Waals surface area contributed by atoms with Crippen molar-refractivity contribution < 1.29 is 9.90 Å². The fraction of sp³-hybridized carbons (Fsp3) is 0.500. The molecule has 0 radical (unpaired) electrons. The van der Waals surface area contributed by atoms with Gasteiger partial charge in [-0.25, -0.2) is 0 Å². The van der Waals surface area contributed by atoms with Crippen LogP contribution < -0.4 is 5.32 Å². The minimum atomic E-state index is -0.846. The number of rotatable bonds is 6. The standard InChI is InChI=1S/C14H21NO2S/c1-11-5-4-6-12(7-11)8-13(16)15-9-14(2,17)10-18-3/h4-7,17H,8-10H2,1-3H3,(H,15,16). The lowest BCUT2D eigenvalue weighted by atomic mass is 10.1. The van der Waals surface area contributed by atoms with E-state index in [-0.39, 0.29) is 5.91 Å². The van der Waals surface area contributed by atoms with E-state index in [1.54, 1.807) is 18.7 Å². The molecule has 0 spiro atoms. The minimum Gasteiger partial charge on any atom is -0.387 e. The summed E-state index contributed by atoms with van der Waals surface area (Å²) in [7, 11) is 0. The third-order valence-electron chi connectivity index (χ3n) is 2.57. The highest BCUT2D eigenvalue weighted by molar-refractivity contribution is 7.98. The van der Waals surface area contributed by atoms with Crippen molar-refractivity contribution in [3.05, 3.63) is 35.4 Å². The molecule has 1 aromatic rings. The molecule has 0 saturated heterocycles. The predicted molar refractivity (Wildman–Crippen MR) is 76.9 cm³/mol. The van der Waals surface area contributed by atoms with Gasteiger partial charge in [-0.05, 0) is 25.7 Å². The maximum Gasteiger partial charge on any atom is 0.224 e. The van der Waals surface area contributed by atoms with Crippen molar-refractivity contribution in [3.8, 4) is 0 Å². The maximum atomic E-state index is 11.7. The van der Waals surface area contributed by atoms with Gasteiger partial charge >= 0.3 is 0 Å². The second-order valence-corrected chi connectivity index (χ2v) is 5.74. The summed E-state index contributed by atoms with van der Waals surface area (Å²) in [6.07, 6.45) is 2.29. The van der Waals surface area contributed by atoms with Crippen LogP contribution in [0, 0.1) is 6.92 Å². The van der Waals surface area contributed by atoms with Crippen LogP contribution in [0.5, 0.6) is 0 Å². The van der Waals surface area contributed by atoms with Gasteiger partial charge in [0.05, 0.1) is 12.0 Å². The topological polar surface area (TPSA) is 49.3 Å². The third kappa shape index (κ3) is 5.56. The van der Waals surface area contributed by atoms with Gasteiger partial charge in [-0.3, -0.25) is 4.79 Å². The number of aliphatic hydroxyl groups is 1. The molecule has 0 aromatic heterocycles. The van der Waals surface area contributed by atoms with Crippen LogP contribution in [0.25, 0.3) is 0 Å². The van der Waals surface area contributed by atoms with Crippen LogP contribution in [0.15, 0.2) is 24.3 Å². The molecule has 0 aliphatic carbocycles. The zero-order chi connectivity index (χ0) is 13.6. The van der Waals surface area contributed by atoms with Crippen LogP contribution in [0.2, 0.25) is 0 Å². The zero-order valence-corrected chi connectivity index (χ0v) is 12.0. The average molecular weight is 267 g/mol. The van der Waals surface area contributed by atoms with Crippen molar-refractivity contribution in [1.29, 1.82) is 0 Å². The molecule has 0 bridgehead atoms. The number of benzene rings is 1. The van der Waals surface area contributed by atoms with Gasteiger partial charge in [-0.1, -0.05) is 29.8 Å². The van der Waals surface area contributed by atoms with Gasteiger partial charge < -0.3 is 10.4 Å². The average Bonchev–Trinajstić information content (AvgIpc) is 2.26. The summed E-state index contributed by atoms with van der Waals surface area (Å²) in [6.45, 7) is 4.03. The monoisotopic (exact) mass is 267 g/mol. The molecular formula is C14H21NO2S. The molecule has 2 N–H and O–H groups in total. The van der Waals surface area contributed by atoms with Crippen molar-refractivity contribution >= 4 is 17.7 Å². The molecule has 0 heterocycles. The Labute approximate surface area is 113 Å². The van der Waals surface area contributed by atoms with E-state index in [1.165, 1.54) is 0 Å². The van der Waals surface area contributed by atoms with Crippen LogP contribution in [0.1, 0.15) is 18.1 Å². The second-order valence-electron chi connectivity index (χ2n) is 4.87. The van der Waals surface area contributed by atoms with Crippen molar-refractivity contribution in [2.75, 3.05) is 18.6 Å². The quantitative estimate of drug-likeness (QED) is 0.826. The number of carbonyl (C=O) groups excluding carboxylic acids is 1. The summed E-state index contributed by atoms with van der Waals surface area (Å²) in [4.78, 5) is 11.7. The summed E-state index contributed by atoms with van der Waals surface area (Å²) in [5, 5.41) is 12.7. The Morgan fingerprint density at radius 1 is 1.50 bits per heavy atom. The largest absolute Gasteiger partial charge is 0.387 e. The van der Waals surface area contributed by atoms with Gasteiger partial charge in [0, 0.05) is 12.3 Å². The Morgan fingerprint density at radius 3 is 2.83 bits per heavy atom. The number of nitrogens with one attached hydrogen (secondary N) is 1. The van der Waals surface area contributed by atoms with E-state index in [0.29, 0.717) is 18.7 Å². The smallest absolute Gasteiger partial charge is 0.224 e. The summed E-state index contributed by atoms with van der Waals surface area (Å²) < 4.78 is 0. The molecule has 100 valence electrons. The van der Waals surface area contributed by atoms with E-state index >= 15 is 0 Å². The zero-order valence-electron chi connectivity index (χ0n) is 11.2.